The summed E-state index contributed by atoms with van der Waals surface area (Å²) in [4.78, 5) is 11.6. The molecule has 1 fully saturated rings. The monoisotopic (exact) mass is 244 g/mol. The lowest BCUT2D eigenvalue weighted by Gasteiger charge is -2.00. The highest BCUT2D eigenvalue weighted by Gasteiger charge is 2.26. The molecule has 90 valence electrons. The Balaban J connectivity index is 0.00000128. The molecule has 0 spiro atoms. The van der Waals surface area contributed by atoms with Gasteiger partial charge in [-0.15, -0.1) is 12.4 Å². The number of H-pyrrole nitrogens is 1. The molecular formula is C10H17ClN4O. The zero-order valence-electron chi connectivity index (χ0n) is 9.25. The maximum absolute atomic E-state index is 11.6. The summed E-state index contributed by atoms with van der Waals surface area (Å²) in [5.41, 5.74) is 1.58. The van der Waals surface area contributed by atoms with Gasteiger partial charge in [0.1, 0.15) is 5.69 Å². The Morgan fingerprint density at radius 3 is 2.94 bits per heavy atom. The number of aromatic nitrogens is 2. The van der Waals surface area contributed by atoms with Crippen LogP contribution in [0.2, 0.25) is 0 Å². The van der Waals surface area contributed by atoms with Crippen molar-refractivity contribution in [2.24, 2.45) is 0 Å². The van der Waals surface area contributed by atoms with Crippen molar-refractivity contribution in [1.82, 2.24) is 20.8 Å². The lowest BCUT2D eigenvalue weighted by Crippen LogP contribution is -2.30. The van der Waals surface area contributed by atoms with Crippen molar-refractivity contribution in [2.45, 2.75) is 18.8 Å². The lowest BCUT2D eigenvalue weighted by molar-refractivity contribution is 0.0949. The second kappa shape index (κ2) is 5.86. The van der Waals surface area contributed by atoms with Crippen LogP contribution in [-0.2, 0) is 0 Å². The summed E-state index contributed by atoms with van der Waals surface area (Å²) in [5, 5.41) is 12.7. The van der Waals surface area contributed by atoms with Gasteiger partial charge in [0.15, 0.2) is 0 Å². The van der Waals surface area contributed by atoms with E-state index in [0.717, 1.165) is 12.2 Å². The van der Waals surface area contributed by atoms with E-state index in [9.17, 15) is 4.79 Å². The Bertz CT molecular complexity index is 348. The molecule has 1 aliphatic carbocycles. The normalized spacial score (nSPS) is 14.3. The van der Waals surface area contributed by atoms with Gasteiger partial charge < -0.3 is 10.6 Å². The Morgan fingerprint density at radius 1 is 1.56 bits per heavy atom. The molecule has 16 heavy (non-hydrogen) atoms. The molecule has 0 aromatic carbocycles. The van der Waals surface area contributed by atoms with E-state index in [1.807, 2.05) is 13.1 Å². The fourth-order valence-electron chi connectivity index (χ4n) is 1.45. The molecule has 0 atom stereocenters. The molecule has 1 aromatic heterocycles. The predicted molar refractivity (Wildman–Crippen MR) is 64.1 cm³/mol. The minimum atomic E-state index is -0.103. The average Bonchev–Trinajstić information content (AvgIpc) is 2.97. The molecule has 0 radical (unpaired) electrons. The van der Waals surface area contributed by atoms with E-state index < -0.39 is 0 Å². The number of halogens is 1. The van der Waals surface area contributed by atoms with Crippen molar-refractivity contribution in [3.63, 3.8) is 0 Å². The molecule has 1 heterocycles. The first kappa shape index (κ1) is 13.0. The second-order valence-corrected chi connectivity index (χ2v) is 3.84. The van der Waals surface area contributed by atoms with Gasteiger partial charge in [0.25, 0.3) is 5.91 Å². The molecule has 0 unspecified atom stereocenters. The Kier molecular flexibility index (Phi) is 4.76. The molecule has 0 aliphatic heterocycles. The second-order valence-electron chi connectivity index (χ2n) is 3.84. The highest BCUT2D eigenvalue weighted by atomic mass is 35.5. The first-order chi connectivity index (χ1) is 7.31. The van der Waals surface area contributed by atoms with Crippen LogP contribution in [0.25, 0.3) is 0 Å². The summed E-state index contributed by atoms with van der Waals surface area (Å²) in [5.74, 6) is 0.504. The standard InChI is InChI=1S/C10H16N4O.ClH/c1-11-4-5-12-10(15)9-6-8(13-14-9)7-2-3-7;/h6-7,11H,2-5H2,1H3,(H,12,15)(H,13,14);1H. The van der Waals surface area contributed by atoms with Crippen LogP contribution in [0.1, 0.15) is 34.9 Å². The number of amides is 1. The number of nitrogens with zero attached hydrogens (tertiary/aromatic N) is 1. The van der Waals surface area contributed by atoms with Crippen LogP contribution in [0.3, 0.4) is 0 Å². The third kappa shape index (κ3) is 3.21. The molecule has 1 aliphatic rings. The number of hydrogen-bond acceptors (Lipinski definition) is 3. The van der Waals surface area contributed by atoms with Crippen molar-refractivity contribution in [3.05, 3.63) is 17.5 Å². The maximum Gasteiger partial charge on any atom is 0.271 e. The van der Waals surface area contributed by atoms with Gasteiger partial charge in [-0.2, -0.15) is 5.10 Å². The van der Waals surface area contributed by atoms with Crippen LogP contribution in [-0.4, -0.2) is 36.2 Å². The Labute approximate surface area is 101 Å². The molecule has 0 saturated heterocycles. The third-order valence-electron chi connectivity index (χ3n) is 2.51. The van der Waals surface area contributed by atoms with Gasteiger partial charge in [0.2, 0.25) is 0 Å². The fraction of sp³-hybridized carbons (Fsp3) is 0.600. The van der Waals surface area contributed by atoms with Gasteiger partial charge in [-0.1, -0.05) is 0 Å². The van der Waals surface area contributed by atoms with Crippen molar-refractivity contribution in [3.8, 4) is 0 Å². The fourth-order valence-corrected chi connectivity index (χ4v) is 1.45. The Morgan fingerprint density at radius 2 is 2.31 bits per heavy atom. The first-order valence-corrected chi connectivity index (χ1v) is 5.29. The SMILES string of the molecule is CNCCNC(=O)c1cc(C2CC2)[nH]n1.Cl. The number of aromatic amines is 1. The van der Waals surface area contributed by atoms with E-state index in [1.54, 1.807) is 0 Å². The number of hydrogen-bond donors (Lipinski definition) is 3. The van der Waals surface area contributed by atoms with E-state index in [0.29, 0.717) is 18.2 Å². The molecule has 1 amide bonds. The number of likely N-dealkylation sites (N-methyl/N-ethyl adjacent to an activating group) is 1. The Hall–Kier alpha value is -1.07. The summed E-state index contributed by atoms with van der Waals surface area (Å²) in [6.45, 7) is 1.40. The van der Waals surface area contributed by atoms with Gasteiger partial charge in [-0.25, -0.2) is 0 Å². The van der Waals surface area contributed by atoms with Crippen LogP contribution < -0.4 is 10.6 Å². The van der Waals surface area contributed by atoms with Gasteiger partial charge in [-0.3, -0.25) is 9.89 Å². The van der Waals surface area contributed by atoms with E-state index >= 15 is 0 Å². The van der Waals surface area contributed by atoms with Crippen molar-refractivity contribution in [1.29, 1.82) is 0 Å². The van der Waals surface area contributed by atoms with Gasteiger partial charge in [-0.05, 0) is 26.0 Å². The maximum atomic E-state index is 11.6. The summed E-state index contributed by atoms with van der Waals surface area (Å²) < 4.78 is 0. The van der Waals surface area contributed by atoms with Gasteiger partial charge >= 0.3 is 0 Å². The van der Waals surface area contributed by atoms with E-state index in [2.05, 4.69) is 20.8 Å². The summed E-state index contributed by atoms with van der Waals surface area (Å²) in [6, 6.07) is 1.85. The lowest BCUT2D eigenvalue weighted by atomic mass is 10.2. The zero-order chi connectivity index (χ0) is 10.7. The highest BCUT2D eigenvalue weighted by molar-refractivity contribution is 5.92. The van der Waals surface area contributed by atoms with Crippen LogP contribution in [0, 0.1) is 0 Å². The molecule has 5 nitrogen and oxygen atoms in total. The van der Waals surface area contributed by atoms with Crippen molar-refractivity contribution < 1.29 is 4.79 Å². The first-order valence-electron chi connectivity index (χ1n) is 5.29. The molecule has 0 bridgehead atoms. The number of nitrogens with one attached hydrogen (secondary N) is 3. The van der Waals surface area contributed by atoms with Gasteiger partial charge in [0, 0.05) is 24.7 Å². The van der Waals surface area contributed by atoms with E-state index in [-0.39, 0.29) is 18.3 Å². The zero-order valence-corrected chi connectivity index (χ0v) is 10.1. The number of carbonyl (C=O) groups is 1. The van der Waals surface area contributed by atoms with Crippen LogP contribution >= 0.6 is 12.4 Å². The van der Waals surface area contributed by atoms with E-state index in [4.69, 9.17) is 0 Å². The van der Waals surface area contributed by atoms with Crippen LogP contribution in [0.5, 0.6) is 0 Å². The average molecular weight is 245 g/mol. The largest absolute Gasteiger partial charge is 0.349 e. The van der Waals surface area contributed by atoms with E-state index in [1.165, 1.54) is 12.8 Å². The summed E-state index contributed by atoms with van der Waals surface area (Å²) in [7, 11) is 1.85. The molecule has 1 aromatic rings. The molecule has 2 rings (SSSR count). The molecule has 3 N–H and O–H groups in total. The predicted octanol–water partition coefficient (Wildman–Crippen LogP) is 0.658. The van der Waals surface area contributed by atoms with Crippen molar-refractivity contribution in [2.75, 3.05) is 20.1 Å². The van der Waals surface area contributed by atoms with Gasteiger partial charge in [0.05, 0.1) is 0 Å². The minimum absolute atomic E-state index is 0. The summed E-state index contributed by atoms with van der Waals surface area (Å²) >= 11 is 0. The minimum Gasteiger partial charge on any atom is -0.349 e. The van der Waals surface area contributed by atoms with Crippen molar-refractivity contribution >= 4 is 18.3 Å². The van der Waals surface area contributed by atoms with Crippen LogP contribution in [0.4, 0.5) is 0 Å². The third-order valence-corrected chi connectivity index (χ3v) is 2.51. The molecule has 6 heteroatoms. The number of rotatable bonds is 5. The smallest absolute Gasteiger partial charge is 0.271 e. The topological polar surface area (TPSA) is 69.8 Å². The number of carbonyl (C=O) groups excluding carboxylic acids is 1. The quantitative estimate of drug-likeness (QED) is 0.667. The molecular weight excluding hydrogens is 228 g/mol. The highest BCUT2D eigenvalue weighted by Crippen LogP contribution is 2.38. The van der Waals surface area contributed by atoms with Crippen LogP contribution in [0.15, 0.2) is 6.07 Å². The molecule has 1 saturated carbocycles. The summed E-state index contributed by atoms with van der Waals surface area (Å²) in [6.07, 6.45) is 2.42.